The fourth-order valence-electron chi connectivity index (χ4n) is 11.1. The van der Waals surface area contributed by atoms with Gasteiger partial charge in [-0.05, 0) is 133 Å². The van der Waals surface area contributed by atoms with Crippen molar-refractivity contribution in [1.29, 1.82) is 0 Å². The molecule has 1 nitrogen and oxygen atoms in total. The van der Waals surface area contributed by atoms with E-state index in [4.69, 9.17) is 0 Å². The fraction of sp³-hybridized carbons (Fsp3) is 0.404. The van der Waals surface area contributed by atoms with Crippen LogP contribution < -0.4 is 4.90 Å². The van der Waals surface area contributed by atoms with E-state index in [0.29, 0.717) is 0 Å². The van der Waals surface area contributed by atoms with Gasteiger partial charge in [-0.25, -0.2) is 0 Å². The molecule has 6 aromatic carbocycles. The van der Waals surface area contributed by atoms with Gasteiger partial charge in [0.25, 0.3) is 0 Å². The number of fused-ring (bicyclic) bond motifs is 10. The van der Waals surface area contributed by atoms with Crippen LogP contribution in [-0.2, 0) is 17.3 Å². The van der Waals surface area contributed by atoms with Gasteiger partial charge < -0.3 is 4.90 Å². The maximum Gasteiger partial charge on any atom is 0.0369 e. The Balaban J connectivity index is 1.19. The third-order valence-corrected chi connectivity index (χ3v) is 13.5. The van der Waals surface area contributed by atoms with E-state index in [-0.39, 0.29) is 10.8 Å². The van der Waals surface area contributed by atoms with E-state index in [1.807, 2.05) is 0 Å². The number of nitrogens with zero attached hydrogens (tertiary/aromatic N) is 1. The normalized spacial score (nSPS) is 19.6. The second kappa shape index (κ2) is 10.3. The summed E-state index contributed by atoms with van der Waals surface area (Å²) in [6.45, 7) is 12.3. The third kappa shape index (κ3) is 3.91. The molecule has 0 atom stereocenters. The van der Waals surface area contributed by atoms with Crippen molar-refractivity contribution >= 4 is 38.0 Å². The van der Waals surface area contributed by atoms with Crippen LogP contribution in [0.25, 0.3) is 54.6 Å². The molecule has 2 fully saturated rings. The van der Waals surface area contributed by atoms with E-state index in [1.165, 1.54) is 165 Å². The van der Waals surface area contributed by atoms with E-state index in [9.17, 15) is 0 Å². The molecule has 0 aromatic heterocycles. The summed E-state index contributed by atoms with van der Waals surface area (Å²) in [5, 5.41) is 8.73. The molecule has 1 saturated heterocycles. The predicted molar refractivity (Wildman–Crippen MR) is 206 cm³/mol. The highest BCUT2D eigenvalue weighted by Crippen LogP contribution is 2.61. The third-order valence-electron chi connectivity index (χ3n) is 13.5. The molecule has 10 rings (SSSR count). The van der Waals surface area contributed by atoms with Crippen molar-refractivity contribution in [1.82, 2.24) is 0 Å². The molecular weight excluding hydrogens is 579 g/mol. The van der Waals surface area contributed by atoms with Crippen LogP contribution in [0.1, 0.15) is 113 Å². The van der Waals surface area contributed by atoms with Crippen molar-refractivity contribution in [2.75, 3.05) is 18.0 Å². The first-order chi connectivity index (χ1) is 23.3. The highest BCUT2D eigenvalue weighted by atomic mass is 15.1. The molecule has 1 saturated carbocycles. The van der Waals surface area contributed by atoms with Crippen molar-refractivity contribution in [2.45, 2.75) is 103 Å². The summed E-state index contributed by atoms with van der Waals surface area (Å²) in [5.74, 6) is 0.920. The molecule has 1 heterocycles. The molecule has 3 aliphatic carbocycles. The van der Waals surface area contributed by atoms with E-state index >= 15 is 0 Å². The van der Waals surface area contributed by atoms with E-state index < -0.39 is 0 Å². The fourth-order valence-corrected chi connectivity index (χ4v) is 11.1. The van der Waals surface area contributed by atoms with Crippen LogP contribution in [-0.4, -0.2) is 13.1 Å². The Labute approximate surface area is 286 Å². The highest BCUT2D eigenvalue weighted by molar-refractivity contribution is 6.32. The lowest BCUT2D eigenvalue weighted by Crippen LogP contribution is -2.29. The second-order valence-corrected chi connectivity index (χ2v) is 16.9. The lowest BCUT2D eigenvalue weighted by molar-refractivity contribution is 0.339. The number of anilines is 1. The zero-order valence-electron chi connectivity index (χ0n) is 29.4. The quantitative estimate of drug-likeness (QED) is 0.176. The van der Waals surface area contributed by atoms with Crippen molar-refractivity contribution < 1.29 is 0 Å². The average molecular weight is 628 g/mol. The Bertz CT molecular complexity index is 2250. The average Bonchev–Trinajstić information content (AvgIpc) is 3.51. The van der Waals surface area contributed by atoms with Gasteiger partial charge in [0.05, 0.1) is 0 Å². The lowest BCUT2D eigenvalue weighted by atomic mass is 9.75. The molecule has 0 spiro atoms. The Kier molecular flexibility index (Phi) is 6.27. The Morgan fingerprint density at radius 1 is 0.583 bits per heavy atom. The monoisotopic (exact) mass is 627 g/mol. The van der Waals surface area contributed by atoms with Gasteiger partial charge in [0, 0.05) is 29.6 Å². The molecule has 48 heavy (non-hydrogen) atoms. The van der Waals surface area contributed by atoms with Crippen LogP contribution in [0.15, 0.2) is 72.8 Å². The van der Waals surface area contributed by atoms with Crippen LogP contribution in [0.5, 0.6) is 0 Å². The summed E-state index contributed by atoms with van der Waals surface area (Å²) in [6.07, 6.45) is 13.7. The molecule has 242 valence electrons. The first-order valence-electron chi connectivity index (χ1n) is 19.1. The van der Waals surface area contributed by atoms with E-state index in [0.717, 1.165) is 5.92 Å². The molecular formula is C47H49N. The summed E-state index contributed by atoms with van der Waals surface area (Å²) in [7, 11) is 0. The van der Waals surface area contributed by atoms with Crippen LogP contribution in [0.2, 0.25) is 0 Å². The first kappa shape index (κ1) is 29.1. The molecule has 0 bridgehead atoms. The molecule has 0 amide bonds. The van der Waals surface area contributed by atoms with Crippen molar-refractivity contribution in [3.05, 3.63) is 101 Å². The molecule has 1 aliphatic heterocycles. The first-order valence-corrected chi connectivity index (χ1v) is 19.1. The van der Waals surface area contributed by atoms with Crippen LogP contribution in [0.3, 0.4) is 0 Å². The molecule has 0 unspecified atom stereocenters. The standard InChI is InChI=1S/C47H49N/c1-46(2)38-27-30(20-19-29-13-7-5-8-14-29)21-23-32(38)42-34-15-11-18-37-40(34)41-35(16-12-17-36(41)44(42)46)43-33-24-22-31(48-25-9-6-10-26-48)28-39(33)47(3,4)45(37)43/h11-12,15-18,21-24,27-29H,5-10,13-14,19-20,25-26H2,1-4H3. The van der Waals surface area contributed by atoms with Crippen LogP contribution >= 0.6 is 0 Å². The lowest BCUT2D eigenvalue weighted by Gasteiger charge is -2.30. The van der Waals surface area contributed by atoms with Gasteiger partial charge in [-0.1, -0.05) is 120 Å². The van der Waals surface area contributed by atoms with Gasteiger partial charge in [0.1, 0.15) is 0 Å². The molecule has 0 radical (unpaired) electrons. The van der Waals surface area contributed by atoms with Gasteiger partial charge in [0.2, 0.25) is 0 Å². The summed E-state index contributed by atoms with van der Waals surface area (Å²) in [4.78, 5) is 2.62. The van der Waals surface area contributed by atoms with Crippen molar-refractivity contribution in [3.8, 4) is 22.3 Å². The van der Waals surface area contributed by atoms with Gasteiger partial charge in [-0.2, -0.15) is 0 Å². The second-order valence-electron chi connectivity index (χ2n) is 16.9. The van der Waals surface area contributed by atoms with Crippen molar-refractivity contribution in [3.63, 3.8) is 0 Å². The molecule has 0 N–H and O–H groups in total. The Hall–Kier alpha value is -3.84. The summed E-state index contributed by atoms with van der Waals surface area (Å²) in [5.41, 5.74) is 14.7. The van der Waals surface area contributed by atoms with Gasteiger partial charge in [-0.15, -0.1) is 0 Å². The largest absolute Gasteiger partial charge is 0.372 e. The van der Waals surface area contributed by atoms with Gasteiger partial charge >= 0.3 is 0 Å². The maximum absolute atomic E-state index is 2.62. The Morgan fingerprint density at radius 3 is 1.75 bits per heavy atom. The number of rotatable bonds is 4. The molecule has 4 aliphatic rings. The van der Waals surface area contributed by atoms with E-state index in [1.54, 1.807) is 0 Å². The van der Waals surface area contributed by atoms with Gasteiger partial charge in [-0.3, -0.25) is 0 Å². The zero-order chi connectivity index (χ0) is 32.4. The summed E-state index contributed by atoms with van der Waals surface area (Å²) >= 11 is 0. The molecule has 1 heteroatoms. The number of hydrogen-bond donors (Lipinski definition) is 0. The minimum atomic E-state index is -0.0754. The SMILES string of the molecule is CC1(C)c2cc(CCC3CCCCC3)ccc2-c2c1c1cccc3c4c(c5cccc2c5c31)C(C)(C)c1cc(N2CCCCC2)ccc1-4. The van der Waals surface area contributed by atoms with Gasteiger partial charge in [0.15, 0.2) is 0 Å². The number of aryl methyl sites for hydroxylation is 1. The smallest absolute Gasteiger partial charge is 0.0369 e. The number of hydrogen-bond acceptors (Lipinski definition) is 1. The van der Waals surface area contributed by atoms with E-state index in [2.05, 4.69) is 105 Å². The zero-order valence-corrected chi connectivity index (χ0v) is 29.4. The molecule has 6 aromatic rings. The van der Waals surface area contributed by atoms with Crippen LogP contribution in [0, 0.1) is 5.92 Å². The minimum Gasteiger partial charge on any atom is -0.372 e. The number of benzene rings is 6. The predicted octanol–water partition coefficient (Wildman–Crippen LogP) is 12.7. The van der Waals surface area contributed by atoms with Crippen LogP contribution in [0.4, 0.5) is 5.69 Å². The Morgan fingerprint density at radius 2 is 1.12 bits per heavy atom. The van der Waals surface area contributed by atoms with Crippen molar-refractivity contribution in [2.24, 2.45) is 5.92 Å². The summed E-state index contributed by atoms with van der Waals surface area (Å²) in [6, 6.07) is 29.4. The minimum absolute atomic E-state index is 0.0564. The topological polar surface area (TPSA) is 3.24 Å². The maximum atomic E-state index is 2.62. The summed E-state index contributed by atoms with van der Waals surface area (Å²) < 4.78 is 0. The number of piperidine rings is 1. The highest BCUT2D eigenvalue weighted by Gasteiger charge is 2.43.